The van der Waals surface area contributed by atoms with Crippen molar-refractivity contribution in [1.82, 2.24) is 5.32 Å². The fourth-order valence-corrected chi connectivity index (χ4v) is 3.14. The number of hydrogen-bond acceptors (Lipinski definition) is 3. The van der Waals surface area contributed by atoms with Crippen molar-refractivity contribution in [3.8, 4) is 0 Å². The van der Waals surface area contributed by atoms with Crippen LogP contribution in [0.25, 0.3) is 0 Å². The first-order valence-corrected chi connectivity index (χ1v) is 6.92. The van der Waals surface area contributed by atoms with Gasteiger partial charge in [0.15, 0.2) is 0 Å². The average Bonchev–Trinajstić information content (AvgIpc) is 2.78. The van der Waals surface area contributed by atoms with Gasteiger partial charge in [-0.15, -0.1) is 11.3 Å². The molecule has 2 heterocycles. The molecule has 1 saturated heterocycles. The number of Topliss-reactive ketones (excluding diaryl/α,β-unsaturated/α-hetero) is 1. The van der Waals surface area contributed by atoms with Gasteiger partial charge in [-0.1, -0.05) is 6.92 Å². The number of nitrogens with one attached hydrogen (secondary N) is 1. The van der Waals surface area contributed by atoms with Crippen LogP contribution < -0.4 is 5.32 Å². The molecule has 1 aromatic heterocycles. The van der Waals surface area contributed by atoms with E-state index in [4.69, 9.17) is 0 Å². The van der Waals surface area contributed by atoms with E-state index in [2.05, 4.69) is 24.4 Å². The zero-order valence-corrected chi connectivity index (χ0v) is 10.6. The summed E-state index contributed by atoms with van der Waals surface area (Å²) >= 11 is 1.79. The average molecular weight is 237 g/mol. The third kappa shape index (κ3) is 2.92. The molecule has 16 heavy (non-hydrogen) atoms. The Hall–Kier alpha value is -0.670. The van der Waals surface area contributed by atoms with E-state index in [9.17, 15) is 4.79 Å². The Morgan fingerprint density at radius 1 is 1.38 bits per heavy atom. The minimum absolute atomic E-state index is 0.299. The SMILES string of the molecule is CCc1ccc(CC(=O)C2CCNCC2)s1. The van der Waals surface area contributed by atoms with Crippen LogP contribution in [0.15, 0.2) is 12.1 Å². The van der Waals surface area contributed by atoms with Crippen LogP contribution >= 0.6 is 11.3 Å². The van der Waals surface area contributed by atoms with Crippen LogP contribution in [-0.4, -0.2) is 18.9 Å². The van der Waals surface area contributed by atoms with E-state index in [0.29, 0.717) is 18.1 Å². The first-order valence-electron chi connectivity index (χ1n) is 6.10. The lowest BCUT2D eigenvalue weighted by Crippen LogP contribution is -2.32. The highest BCUT2D eigenvalue weighted by Gasteiger charge is 2.21. The standard InChI is InChI=1S/C13H19NOS/c1-2-11-3-4-12(16-11)9-13(15)10-5-7-14-8-6-10/h3-4,10,14H,2,5-9H2,1H3. The Morgan fingerprint density at radius 2 is 2.06 bits per heavy atom. The van der Waals surface area contributed by atoms with Crippen molar-refractivity contribution in [2.45, 2.75) is 32.6 Å². The van der Waals surface area contributed by atoms with E-state index in [1.807, 2.05) is 0 Å². The number of piperidine rings is 1. The Labute approximate surface area is 101 Å². The van der Waals surface area contributed by atoms with Gasteiger partial charge in [-0.05, 0) is 44.5 Å². The van der Waals surface area contributed by atoms with Gasteiger partial charge in [-0.2, -0.15) is 0 Å². The lowest BCUT2D eigenvalue weighted by atomic mass is 9.92. The Kier molecular flexibility index (Phi) is 4.13. The third-order valence-corrected chi connectivity index (χ3v) is 4.44. The molecule has 1 aromatic rings. The molecule has 2 rings (SSSR count). The maximum Gasteiger partial charge on any atom is 0.141 e. The predicted octanol–water partition coefficient (Wildman–Crippen LogP) is 2.42. The molecule has 3 heteroatoms. The molecule has 0 aliphatic carbocycles. The molecule has 0 aromatic carbocycles. The van der Waals surface area contributed by atoms with Crippen molar-refractivity contribution >= 4 is 17.1 Å². The van der Waals surface area contributed by atoms with Crippen molar-refractivity contribution in [3.63, 3.8) is 0 Å². The summed E-state index contributed by atoms with van der Waals surface area (Å²) in [6, 6.07) is 4.26. The molecule has 1 fully saturated rings. The molecule has 2 nitrogen and oxygen atoms in total. The van der Waals surface area contributed by atoms with Gasteiger partial charge in [-0.25, -0.2) is 0 Å². The van der Waals surface area contributed by atoms with Gasteiger partial charge >= 0.3 is 0 Å². The summed E-state index contributed by atoms with van der Waals surface area (Å²) in [5, 5.41) is 3.30. The summed E-state index contributed by atoms with van der Waals surface area (Å²) in [6.45, 7) is 4.16. The smallest absolute Gasteiger partial charge is 0.141 e. The summed E-state index contributed by atoms with van der Waals surface area (Å²) in [6.07, 6.45) is 3.76. The molecule has 1 N–H and O–H groups in total. The van der Waals surface area contributed by atoms with Crippen LogP contribution in [0.1, 0.15) is 29.5 Å². The zero-order valence-electron chi connectivity index (χ0n) is 9.79. The summed E-state index contributed by atoms with van der Waals surface area (Å²) in [5.74, 6) is 0.736. The fraction of sp³-hybridized carbons (Fsp3) is 0.615. The lowest BCUT2D eigenvalue weighted by Gasteiger charge is -2.20. The monoisotopic (exact) mass is 237 g/mol. The molecular weight excluding hydrogens is 218 g/mol. The van der Waals surface area contributed by atoms with Gasteiger partial charge in [0.2, 0.25) is 0 Å². The number of rotatable bonds is 4. The van der Waals surface area contributed by atoms with Crippen LogP contribution in [0.3, 0.4) is 0 Å². The molecule has 0 unspecified atom stereocenters. The van der Waals surface area contributed by atoms with Crippen molar-refractivity contribution in [2.24, 2.45) is 5.92 Å². The number of carbonyl (C=O) groups is 1. The van der Waals surface area contributed by atoms with Gasteiger partial charge in [0.25, 0.3) is 0 Å². The van der Waals surface area contributed by atoms with Crippen LogP contribution in [0, 0.1) is 5.92 Å². The molecule has 0 saturated carbocycles. The van der Waals surface area contributed by atoms with Gasteiger partial charge in [0.05, 0.1) is 0 Å². The van der Waals surface area contributed by atoms with Gasteiger partial charge in [0.1, 0.15) is 5.78 Å². The second-order valence-electron chi connectivity index (χ2n) is 4.39. The molecular formula is C13H19NOS. The number of carbonyl (C=O) groups excluding carboxylic acids is 1. The maximum absolute atomic E-state index is 12.0. The van der Waals surface area contributed by atoms with E-state index in [1.165, 1.54) is 9.75 Å². The van der Waals surface area contributed by atoms with Crippen LogP contribution in [0.4, 0.5) is 0 Å². The Morgan fingerprint density at radius 3 is 2.69 bits per heavy atom. The second kappa shape index (κ2) is 5.60. The minimum atomic E-state index is 0.299. The van der Waals surface area contributed by atoms with Crippen LogP contribution in [0.5, 0.6) is 0 Å². The van der Waals surface area contributed by atoms with Gasteiger partial charge < -0.3 is 5.32 Å². The first-order chi connectivity index (χ1) is 7.79. The predicted molar refractivity (Wildman–Crippen MR) is 68.0 cm³/mol. The molecule has 0 amide bonds. The van der Waals surface area contributed by atoms with E-state index < -0.39 is 0 Å². The van der Waals surface area contributed by atoms with Crippen molar-refractivity contribution in [2.75, 3.05) is 13.1 Å². The van der Waals surface area contributed by atoms with E-state index in [0.717, 1.165) is 32.4 Å². The van der Waals surface area contributed by atoms with Gasteiger partial charge in [-0.3, -0.25) is 4.79 Å². The number of thiophene rings is 1. The minimum Gasteiger partial charge on any atom is -0.317 e. The maximum atomic E-state index is 12.0. The Bertz CT molecular complexity index is 353. The highest BCUT2D eigenvalue weighted by molar-refractivity contribution is 7.12. The van der Waals surface area contributed by atoms with E-state index in [-0.39, 0.29) is 0 Å². The summed E-state index contributed by atoms with van der Waals surface area (Å²) in [5.41, 5.74) is 0. The highest BCUT2D eigenvalue weighted by atomic mass is 32.1. The highest BCUT2D eigenvalue weighted by Crippen LogP contribution is 2.21. The van der Waals surface area contributed by atoms with Crippen LogP contribution in [0.2, 0.25) is 0 Å². The third-order valence-electron chi connectivity index (χ3n) is 3.21. The van der Waals surface area contributed by atoms with Crippen molar-refractivity contribution < 1.29 is 4.79 Å². The van der Waals surface area contributed by atoms with Crippen LogP contribution in [-0.2, 0) is 17.6 Å². The zero-order chi connectivity index (χ0) is 11.4. The summed E-state index contributed by atoms with van der Waals surface area (Å²) in [7, 11) is 0. The largest absolute Gasteiger partial charge is 0.317 e. The number of aryl methyl sites for hydroxylation is 1. The molecule has 88 valence electrons. The molecule has 0 bridgehead atoms. The van der Waals surface area contributed by atoms with E-state index >= 15 is 0 Å². The first kappa shape index (κ1) is 11.8. The van der Waals surface area contributed by atoms with Gasteiger partial charge in [0, 0.05) is 22.1 Å². The van der Waals surface area contributed by atoms with E-state index in [1.54, 1.807) is 11.3 Å². The molecule has 0 spiro atoms. The molecule has 0 atom stereocenters. The quantitative estimate of drug-likeness (QED) is 0.871. The number of hydrogen-bond donors (Lipinski definition) is 1. The normalized spacial score (nSPS) is 17.6. The van der Waals surface area contributed by atoms with Crippen molar-refractivity contribution in [1.29, 1.82) is 0 Å². The lowest BCUT2D eigenvalue weighted by molar-refractivity contribution is -0.122. The Balaban J connectivity index is 1.90. The topological polar surface area (TPSA) is 29.1 Å². The number of ketones is 1. The molecule has 0 radical (unpaired) electrons. The summed E-state index contributed by atoms with van der Waals surface area (Å²) < 4.78 is 0. The molecule has 1 aliphatic heterocycles. The van der Waals surface area contributed by atoms with Crippen molar-refractivity contribution in [3.05, 3.63) is 21.9 Å². The molecule has 1 aliphatic rings. The fourth-order valence-electron chi connectivity index (χ4n) is 2.17. The summed E-state index contributed by atoms with van der Waals surface area (Å²) in [4.78, 5) is 14.7. The second-order valence-corrected chi connectivity index (χ2v) is 5.64.